The van der Waals surface area contributed by atoms with E-state index >= 15 is 0 Å². The fourth-order valence-corrected chi connectivity index (χ4v) is 2.99. The molecule has 5 heteroatoms. The van der Waals surface area contributed by atoms with E-state index in [1.54, 1.807) is 11.4 Å². The molecule has 1 aromatic carbocycles. The third-order valence-corrected chi connectivity index (χ3v) is 4.11. The van der Waals surface area contributed by atoms with E-state index in [1.807, 2.05) is 0 Å². The van der Waals surface area contributed by atoms with Gasteiger partial charge in [-0.15, -0.1) is 22.9 Å². The summed E-state index contributed by atoms with van der Waals surface area (Å²) < 4.78 is 26.4. The fourth-order valence-electron chi connectivity index (χ4n) is 1.34. The quantitative estimate of drug-likeness (QED) is 0.678. The van der Waals surface area contributed by atoms with Crippen LogP contribution in [0.25, 0.3) is 0 Å². The molecule has 16 heavy (non-hydrogen) atoms. The summed E-state index contributed by atoms with van der Waals surface area (Å²) in [7, 11) is 0. The number of alkyl halides is 1. The molecule has 2 aromatic rings. The van der Waals surface area contributed by atoms with Crippen LogP contribution in [0, 0.1) is 11.6 Å². The smallest absolute Gasteiger partial charge is 0.128 e. The largest absolute Gasteiger partial charge is 0.207 e. The van der Waals surface area contributed by atoms with Gasteiger partial charge in [-0.05, 0) is 29.6 Å². The average Bonchev–Trinajstić information content (AvgIpc) is 2.67. The molecule has 1 aromatic heterocycles. The van der Waals surface area contributed by atoms with Crippen molar-refractivity contribution in [2.45, 2.75) is 5.38 Å². The minimum Gasteiger partial charge on any atom is -0.207 e. The number of rotatable bonds is 2. The molecule has 0 aliphatic carbocycles. The Bertz CT molecular complexity index is 510. The molecule has 1 atom stereocenters. The Morgan fingerprint density at radius 1 is 1.19 bits per heavy atom. The van der Waals surface area contributed by atoms with E-state index in [4.69, 9.17) is 23.2 Å². The number of hydrogen-bond donors (Lipinski definition) is 0. The first kappa shape index (κ1) is 11.8. The highest BCUT2D eigenvalue weighted by Gasteiger charge is 2.19. The zero-order chi connectivity index (χ0) is 11.7. The number of hydrogen-bond acceptors (Lipinski definition) is 1. The molecular weight excluding hydrogens is 273 g/mol. The predicted molar refractivity (Wildman–Crippen MR) is 63.4 cm³/mol. The van der Waals surface area contributed by atoms with E-state index in [-0.39, 0.29) is 5.56 Å². The van der Waals surface area contributed by atoms with E-state index in [1.165, 1.54) is 11.3 Å². The van der Waals surface area contributed by atoms with Gasteiger partial charge >= 0.3 is 0 Å². The van der Waals surface area contributed by atoms with Gasteiger partial charge in [-0.3, -0.25) is 0 Å². The average molecular weight is 279 g/mol. The van der Waals surface area contributed by atoms with Crippen molar-refractivity contribution in [3.05, 3.63) is 56.7 Å². The Morgan fingerprint density at radius 2 is 1.94 bits per heavy atom. The van der Waals surface area contributed by atoms with Gasteiger partial charge in [-0.1, -0.05) is 11.6 Å². The van der Waals surface area contributed by atoms with Crippen molar-refractivity contribution < 1.29 is 8.78 Å². The summed E-state index contributed by atoms with van der Waals surface area (Å²) >= 11 is 13.3. The molecule has 0 nitrogen and oxygen atoms in total. The summed E-state index contributed by atoms with van der Waals surface area (Å²) in [5, 5.41) is 1.46. The summed E-state index contributed by atoms with van der Waals surface area (Å²) in [6.07, 6.45) is 0. The molecule has 0 aliphatic heterocycles. The second-order valence-electron chi connectivity index (χ2n) is 3.16. The number of benzene rings is 1. The van der Waals surface area contributed by atoms with Gasteiger partial charge in [0.1, 0.15) is 11.6 Å². The van der Waals surface area contributed by atoms with E-state index in [2.05, 4.69) is 0 Å². The Morgan fingerprint density at radius 3 is 2.56 bits per heavy atom. The van der Waals surface area contributed by atoms with Gasteiger partial charge in [-0.2, -0.15) is 0 Å². The van der Waals surface area contributed by atoms with Gasteiger partial charge in [-0.25, -0.2) is 8.78 Å². The maximum absolute atomic E-state index is 13.5. The highest BCUT2D eigenvalue weighted by Crippen LogP contribution is 2.38. The first-order valence-electron chi connectivity index (χ1n) is 4.41. The molecule has 0 saturated heterocycles. The molecule has 1 heterocycles. The lowest BCUT2D eigenvalue weighted by molar-refractivity contribution is 0.587. The molecule has 0 radical (unpaired) electrons. The van der Waals surface area contributed by atoms with Crippen LogP contribution in [0.4, 0.5) is 8.78 Å². The molecule has 0 bridgehead atoms. The van der Waals surface area contributed by atoms with Crippen molar-refractivity contribution in [1.82, 2.24) is 0 Å². The van der Waals surface area contributed by atoms with Crippen LogP contribution in [0.1, 0.15) is 15.8 Å². The van der Waals surface area contributed by atoms with E-state index in [9.17, 15) is 8.78 Å². The van der Waals surface area contributed by atoms with Crippen molar-refractivity contribution >= 4 is 34.5 Å². The molecule has 2 rings (SSSR count). The minimum atomic E-state index is -0.761. The van der Waals surface area contributed by atoms with E-state index < -0.39 is 17.0 Å². The van der Waals surface area contributed by atoms with Gasteiger partial charge in [0.05, 0.1) is 10.4 Å². The van der Waals surface area contributed by atoms with Crippen LogP contribution in [0.2, 0.25) is 5.02 Å². The first-order valence-corrected chi connectivity index (χ1v) is 6.11. The van der Waals surface area contributed by atoms with Crippen molar-refractivity contribution in [3.63, 3.8) is 0 Å². The molecule has 0 saturated carbocycles. The third kappa shape index (κ3) is 2.21. The van der Waals surface area contributed by atoms with Crippen molar-refractivity contribution in [3.8, 4) is 0 Å². The summed E-state index contributed by atoms with van der Waals surface area (Å²) in [5.74, 6) is -1.06. The van der Waals surface area contributed by atoms with Crippen LogP contribution in [0.5, 0.6) is 0 Å². The van der Waals surface area contributed by atoms with Crippen molar-refractivity contribution in [2.75, 3.05) is 0 Å². The standard InChI is InChI=1S/C11H6Cl2F2S/c12-8-3-4-16-11(8)10(13)7-5-6(14)1-2-9(7)15/h1-5,10H. The van der Waals surface area contributed by atoms with Crippen molar-refractivity contribution in [2.24, 2.45) is 0 Å². The van der Waals surface area contributed by atoms with Crippen LogP contribution in [0.3, 0.4) is 0 Å². The molecular formula is C11H6Cl2F2S. The molecule has 1 unspecified atom stereocenters. The van der Waals surface area contributed by atoms with Gasteiger partial charge in [0.2, 0.25) is 0 Å². The topological polar surface area (TPSA) is 0 Å². The Labute approximate surface area is 105 Å². The van der Waals surface area contributed by atoms with Gasteiger partial charge in [0.15, 0.2) is 0 Å². The summed E-state index contributed by atoms with van der Waals surface area (Å²) in [6.45, 7) is 0. The Hall–Kier alpha value is -0.640. The molecule has 0 amide bonds. The normalized spacial score (nSPS) is 12.8. The zero-order valence-corrected chi connectivity index (χ0v) is 10.2. The monoisotopic (exact) mass is 278 g/mol. The lowest BCUT2D eigenvalue weighted by atomic mass is 10.1. The molecule has 0 fully saturated rings. The fraction of sp³-hybridized carbons (Fsp3) is 0.0909. The lowest BCUT2D eigenvalue weighted by Gasteiger charge is -2.09. The van der Waals surface area contributed by atoms with Crippen LogP contribution in [0.15, 0.2) is 29.6 Å². The second-order valence-corrected chi connectivity index (χ2v) is 4.95. The zero-order valence-electron chi connectivity index (χ0n) is 7.88. The Kier molecular flexibility index (Phi) is 3.47. The van der Waals surface area contributed by atoms with E-state index in [0.717, 1.165) is 18.2 Å². The summed E-state index contributed by atoms with van der Waals surface area (Å²) in [6, 6.07) is 4.87. The maximum Gasteiger partial charge on any atom is 0.128 e. The first-order chi connectivity index (χ1) is 7.59. The minimum absolute atomic E-state index is 0.103. The maximum atomic E-state index is 13.5. The SMILES string of the molecule is Fc1ccc(F)c(C(Cl)c2sccc2Cl)c1. The summed E-state index contributed by atoms with van der Waals surface area (Å²) in [4.78, 5) is 0.618. The predicted octanol–water partition coefficient (Wildman–Crippen LogP) is 5.01. The van der Waals surface area contributed by atoms with Gasteiger partial charge in [0.25, 0.3) is 0 Å². The van der Waals surface area contributed by atoms with Crippen molar-refractivity contribution in [1.29, 1.82) is 0 Å². The molecule has 84 valence electrons. The van der Waals surface area contributed by atoms with Crippen LogP contribution >= 0.6 is 34.5 Å². The second kappa shape index (κ2) is 4.70. The number of halogens is 4. The highest BCUT2D eigenvalue weighted by atomic mass is 35.5. The van der Waals surface area contributed by atoms with Crippen LogP contribution in [-0.4, -0.2) is 0 Å². The van der Waals surface area contributed by atoms with Crippen LogP contribution < -0.4 is 0 Å². The Balaban J connectivity index is 2.45. The molecule has 0 aliphatic rings. The molecule has 0 N–H and O–H groups in total. The lowest BCUT2D eigenvalue weighted by Crippen LogP contribution is -1.96. The molecule has 0 spiro atoms. The third-order valence-electron chi connectivity index (χ3n) is 2.11. The van der Waals surface area contributed by atoms with Gasteiger partial charge in [0, 0.05) is 10.4 Å². The highest BCUT2D eigenvalue weighted by molar-refractivity contribution is 7.11. The number of thiophene rings is 1. The van der Waals surface area contributed by atoms with Gasteiger partial charge < -0.3 is 0 Å². The summed E-state index contributed by atoms with van der Waals surface area (Å²) in [5.41, 5.74) is 0.103. The van der Waals surface area contributed by atoms with E-state index in [0.29, 0.717) is 9.90 Å². The van der Waals surface area contributed by atoms with Crippen LogP contribution in [-0.2, 0) is 0 Å².